The summed E-state index contributed by atoms with van der Waals surface area (Å²) in [5, 5.41) is 5.95. The van der Waals surface area contributed by atoms with E-state index in [-0.39, 0.29) is 12.1 Å². The minimum Gasteiger partial charge on any atom is -0.495 e. The van der Waals surface area contributed by atoms with Crippen LogP contribution in [0.3, 0.4) is 0 Å². The van der Waals surface area contributed by atoms with Crippen molar-refractivity contribution in [2.45, 2.75) is 38.5 Å². The summed E-state index contributed by atoms with van der Waals surface area (Å²) in [5.74, 6) is 1.18. The number of carbonyl (C=O) groups is 1. The van der Waals surface area contributed by atoms with Gasteiger partial charge in [-0.1, -0.05) is 26.0 Å². The second kappa shape index (κ2) is 7.40. The van der Waals surface area contributed by atoms with Crippen LogP contribution in [0.1, 0.15) is 20.3 Å². The highest BCUT2D eigenvalue weighted by molar-refractivity contribution is 5.91. The first-order valence-corrected chi connectivity index (χ1v) is 8.63. The fraction of sp³-hybridized carbons (Fsp3) is 0.611. The molecule has 2 N–H and O–H groups in total. The van der Waals surface area contributed by atoms with Crippen molar-refractivity contribution in [2.24, 2.45) is 5.92 Å². The van der Waals surface area contributed by atoms with Gasteiger partial charge in [-0.25, -0.2) is 4.79 Å². The number of ether oxygens (including phenoxy) is 2. The molecule has 2 aliphatic heterocycles. The minimum absolute atomic E-state index is 0.152. The standard InChI is InChI=1S/C18H27N3O3/c1-12(2)17-10-21-9-13(8-14(21)11-24-17)19-18(22)20-15-6-4-5-7-16(15)23-3/h4-7,12-14,17H,8-11H2,1-3H3,(H2,19,20,22)/t13-,14+,17+/m1/s1. The monoisotopic (exact) mass is 333 g/mol. The minimum atomic E-state index is -0.189. The summed E-state index contributed by atoms with van der Waals surface area (Å²) >= 11 is 0. The summed E-state index contributed by atoms with van der Waals surface area (Å²) in [6.07, 6.45) is 1.23. The average Bonchev–Trinajstić information content (AvgIpc) is 2.96. The third-order valence-electron chi connectivity index (χ3n) is 4.88. The molecule has 0 radical (unpaired) electrons. The highest BCUT2D eigenvalue weighted by Gasteiger charge is 2.38. The van der Waals surface area contributed by atoms with Gasteiger partial charge in [0.2, 0.25) is 0 Å². The van der Waals surface area contributed by atoms with Crippen LogP contribution in [0, 0.1) is 5.92 Å². The summed E-state index contributed by atoms with van der Waals surface area (Å²) < 4.78 is 11.2. The Labute approximate surface area is 143 Å². The largest absolute Gasteiger partial charge is 0.495 e. The highest BCUT2D eigenvalue weighted by Crippen LogP contribution is 2.26. The van der Waals surface area contributed by atoms with Crippen molar-refractivity contribution < 1.29 is 14.3 Å². The third kappa shape index (κ3) is 3.82. The number of hydrogen-bond donors (Lipinski definition) is 2. The number of methoxy groups -OCH3 is 1. The topological polar surface area (TPSA) is 62.8 Å². The molecule has 2 aliphatic rings. The lowest BCUT2D eigenvalue weighted by Crippen LogP contribution is -2.48. The molecule has 0 saturated carbocycles. The van der Waals surface area contributed by atoms with E-state index < -0.39 is 0 Å². The quantitative estimate of drug-likeness (QED) is 0.888. The molecule has 0 aliphatic carbocycles. The van der Waals surface area contributed by atoms with Gasteiger partial charge in [0.15, 0.2) is 0 Å². The molecule has 2 heterocycles. The molecule has 2 fully saturated rings. The van der Waals surface area contributed by atoms with Crippen molar-refractivity contribution in [3.63, 3.8) is 0 Å². The van der Waals surface area contributed by atoms with E-state index >= 15 is 0 Å². The van der Waals surface area contributed by atoms with E-state index in [2.05, 4.69) is 29.4 Å². The number of amides is 2. The molecule has 1 aromatic rings. The second-order valence-electron chi connectivity index (χ2n) is 6.95. The fourth-order valence-electron chi connectivity index (χ4n) is 3.50. The Morgan fingerprint density at radius 2 is 2.12 bits per heavy atom. The van der Waals surface area contributed by atoms with E-state index in [0.717, 1.165) is 26.1 Å². The van der Waals surface area contributed by atoms with Gasteiger partial charge in [0, 0.05) is 25.2 Å². The number of carbonyl (C=O) groups excluding carboxylic acids is 1. The molecule has 2 saturated heterocycles. The van der Waals surface area contributed by atoms with Crippen LogP contribution < -0.4 is 15.4 Å². The van der Waals surface area contributed by atoms with Gasteiger partial charge in [0.05, 0.1) is 25.5 Å². The molecule has 6 heteroatoms. The lowest BCUT2D eigenvalue weighted by atomic mass is 10.0. The number of nitrogens with zero attached hydrogens (tertiary/aromatic N) is 1. The number of hydrogen-bond acceptors (Lipinski definition) is 4. The summed E-state index contributed by atoms with van der Waals surface area (Å²) in [4.78, 5) is 14.7. The molecule has 0 aromatic heterocycles. The molecule has 0 unspecified atom stereocenters. The van der Waals surface area contributed by atoms with Crippen LogP contribution >= 0.6 is 0 Å². The zero-order valence-electron chi connectivity index (χ0n) is 14.6. The van der Waals surface area contributed by atoms with Gasteiger partial charge < -0.3 is 20.1 Å². The number of benzene rings is 1. The van der Waals surface area contributed by atoms with Crippen molar-refractivity contribution in [3.05, 3.63) is 24.3 Å². The third-order valence-corrected chi connectivity index (χ3v) is 4.88. The Morgan fingerprint density at radius 1 is 1.33 bits per heavy atom. The van der Waals surface area contributed by atoms with E-state index in [1.165, 1.54) is 0 Å². The van der Waals surface area contributed by atoms with Gasteiger partial charge in [0.25, 0.3) is 0 Å². The Kier molecular flexibility index (Phi) is 5.26. The van der Waals surface area contributed by atoms with Crippen LogP contribution in [0.4, 0.5) is 10.5 Å². The Balaban J connectivity index is 1.53. The smallest absolute Gasteiger partial charge is 0.319 e. The molecule has 3 rings (SSSR count). The van der Waals surface area contributed by atoms with Crippen molar-refractivity contribution in [3.8, 4) is 5.75 Å². The Bertz CT molecular complexity index is 578. The lowest BCUT2D eigenvalue weighted by molar-refractivity contribution is -0.0683. The summed E-state index contributed by atoms with van der Waals surface area (Å²) in [7, 11) is 1.60. The van der Waals surface area contributed by atoms with Gasteiger partial charge in [-0.15, -0.1) is 0 Å². The van der Waals surface area contributed by atoms with E-state index in [1.54, 1.807) is 7.11 Å². The molecule has 24 heavy (non-hydrogen) atoms. The first kappa shape index (κ1) is 17.0. The van der Waals surface area contributed by atoms with E-state index in [1.807, 2.05) is 24.3 Å². The maximum Gasteiger partial charge on any atom is 0.319 e. The van der Waals surface area contributed by atoms with Crippen LogP contribution in [-0.2, 0) is 4.74 Å². The molecule has 2 amide bonds. The summed E-state index contributed by atoms with van der Waals surface area (Å²) in [6, 6.07) is 7.78. The molecule has 3 atom stereocenters. The van der Waals surface area contributed by atoms with Crippen LogP contribution in [0.15, 0.2) is 24.3 Å². The first-order valence-electron chi connectivity index (χ1n) is 8.63. The predicted octanol–water partition coefficient (Wildman–Crippen LogP) is 2.31. The Morgan fingerprint density at radius 3 is 2.88 bits per heavy atom. The molecule has 6 nitrogen and oxygen atoms in total. The van der Waals surface area contributed by atoms with Gasteiger partial charge in [-0.05, 0) is 24.5 Å². The maximum absolute atomic E-state index is 12.3. The number of rotatable bonds is 4. The van der Waals surface area contributed by atoms with Crippen molar-refractivity contribution in [1.82, 2.24) is 10.2 Å². The van der Waals surface area contributed by atoms with Gasteiger partial charge in [-0.3, -0.25) is 4.90 Å². The number of fused-ring (bicyclic) bond motifs is 1. The van der Waals surface area contributed by atoms with Crippen LogP contribution in [0.25, 0.3) is 0 Å². The molecular weight excluding hydrogens is 306 g/mol. The van der Waals surface area contributed by atoms with Crippen LogP contribution in [0.5, 0.6) is 5.75 Å². The second-order valence-corrected chi connectivity index (χ2v) is 6.95. The number of anilines is 1. The maximum atomic E-state index is 12.3. The van der Waals surface area contributed by atoms with E-state index in [4.69, 9.17) is 9.47 Å². The SMILES string of the molecule is COc1ccccc1NC(=O)N[C@@H]1C[C@H]2CO[C@H](C(C)C)CN2C1. The summed E-state index contributed by atoms with van der Waals surface area (Å²) in [5.41, 5.74) is 0.677. The van der Waals surface area contributed by atoms with E-state index in [9.17, 15) is 4.79 Å². The van der Waals surface area contributed by atoms with Gasteiger partial charge >= 0.3 is 6.03 Å². The highest BCUT2D eigenvalue weighted by atomic mass is 16.5. The van der Waals surface area contributed by atoms with Crippen LogP contribution in [-0.4, -0.2) is 55.9 Å². The van der Waals surface area contributed by atoms with Crippen molar-refractivity contribution >= 4 is 11.7 Å². The predicted molar refractivity (Wildman–Crippen MR) is 93.5 cm³/mol. The normalized spacial score (nSPS) is 26.9. The fourth-order valence-corrected chi connectivity index (χ4v) is 3.50. The Hall–Kier alpha value is -1.79. The number of morpholine rings is 1. The molecule has 1 aromatic carbocycles. The van der Waals surface area contributed by atoms with Gasteiger partial charge in [0.1, 0.15) is 5.75 Å². The van der Waals surface area contributed by atoms with E-state index in [0.29, 0.717) is 29.5 Å². The van der Waals surface area contributed by atoms with Crippen molar-refractivity contribution in [2.75, 3.05) is 32.1 Å². The zero-order chi connectivity index (χ0) is 17.1. The summed E-state index contributed by atoms with van der Waals surface area (Å²) in [6.45, 7) is 6.98. The number of nitrogens with one attached hydrogen (secondary N) is 2. The molecule has 0 bridgehead atoms. The molecular formula is C18H27N3O3. The first-order chi connectivity index (χ1) is 11.6. The van der Waals surface area contributed by atoms with Crippen LogP contribution in [0.2, 0.25) is 0 Å². The molecule has 132 valence electrons. The number of urea groups is 1. The average molecular weight is 333 g/mol. The molecule has 0 spiro atoms. The number of para-hydroxylation sites is 2. The lowest BCUT2D eigenvalue weighted by Gasteiger charge is -2.36. The zero-order valence-corrected chi connectivity index (χ0v) is 14.6. The van der Waals surface area contributed by atoms with Gasteiger partial charge in [-0.2, -0.15) is 0 Å². The van der Waals surface area contributed by atoms with Crippen molar-refractivity contribution in [1.29, 1.82) is 0 Å².